The quantitative estimate of drug-likeness (QED) is 0.671. The summed E-state index contributed by atoms with van der Waals surface area (Å²) < 4.78 is 0. The summed E-state index contributed by atoms with van der Waals surface area (Å²) in [7, 11) is 0. The number of amides is 3. The van der Waals surface area contributed by atoms with Crippen LogP contribution in [0.25, 0.3) is 0 Å². The van der Waals surface area contributed by atoms with Crippen LogP contribution in [0.2, 0.25) is 0 Å². The summed E-state index contributed by atoms with van der Waals surface area (Å²) in [6.45, 7) is 4.72. The fourth-order valence-electron chi connectivity index (χ4n) is 1.97. The minimum atomic E-state index is -1.05. The lowest BCUT2D eigenvalue weighted by atomic mass is 9.97. The second-order valence-electron chi connectivity index (χ2n) is 4.88. The first-order valence-corrected chi connectivity index (χ1v) is 6.43. The zero-order valence-corrected chi connectivity index (χ0v) is 11.3. The summed E-state index contributed by atoms with van der Waals surface area (Å²) in [4.78, 5) is 34.8. The average Bonchev–Trinajstić information content (AvgIpc) is 2.36. The van der Waals surface area contributed by atoms with Crippen LogP contribution in [0, 0.1) is 5.92 Å². The number of carboxylic acid groups (broad SMARTS) is 1. The van der Waals surface area contributed by atoms with Crippen LogP contribution >= 0.6 is 0 Å². The number of carbonyl (C=O) groups excluding carboxylic acids is 2. The van der Waals surface area contributed by atoms with Gasteiger partial charge in [-0.05, 0) is 25.7 Å². The summed E-state index contributed by atoms with van der Waals surface area (Å²) >= 11 is 0. The Morgan fingerprint density at radius 1 is 1.32 bits per heavy atom. The van der Waals surface area contributed by atoms with Crippen LogP contribution in [-0.4, -0.2) is 53.6 Å². The number of likely N-dealkylation sites (tertiary alicyclic amines) is 1. The highest BCUT2D eigenvalue weighted by Crippen LogP contribution is 2.16. The van der Waals surface area contributed by atoms with Crippen molar-refractivity contribution in [2.75, 3.05) is 19.6 Å². The first-order valence-electron chi connectivity index (χ1n) is 6.43. The van der Waals surface area contributed by atoms with E-state index in [0.29, 0.717) is 25.6 Å². The van der Waals surface area contributed by atoms with Crippen LogP contribution in [0.15, 0.2) is 0 Å². The van der Waals surface area contributed by atoms with Gasteiger partial charge in [-0.2, -0.15) is 0 Å². The maximum atomic E-state index is 11.8. The van der Waals surface area contributed by atoms with Gasteiger partial charge in [0.05, 0.1) is 0 Å². The van der Waals surface area contributed by atoms with Crippen LogP contribution in [-0.2, 0) is 9.59 Å². The number of aliphatic carboxylic acids is 1. The van der Waals surface area contributed by atoms with E-state index in [1.165, 1.54) is 13.8 Å². The number of carboxylic acids is 1. The molecule has 7 nitrogen and oxygen atoms in total. The molecule has 1 aliphatic heterocycles. The van der Waals surface area contributed by atoms with Crippen LogP contribution in [0.1, 0.15) is 26.7 Å². The molecule has 1 rings (SSSR count). The predicted octanol–water partition coefficient (Wildman–Crippen LogP) is 0.0172. The zero-order valence-electron chi connectivity index (χ0n) is 11.3. The van der Waals surface area contributed by atoms with Crippen molar-refractivity contribution in [1.82, 2.24) is 15.5 Å². The van der Waals surface area contributed by atoms with E-state index < -0.39 is 12.0 Å². The number of nitrogens with zero attached hydrogens (tertiary/aromatic N) is 1. The Morgan fingerprint density at radius 3 is 2.37 bits per heavy atom. The van der Waals surface area contributed by atoms with Crippen LogP contribution in [0.4, 0.5) is 4.79 Å². The Morgan fingerprint density at radius 2 is 1.89 bits per heavy atom. The van der Waals surface area contributed by atoms with E-state index in [1.807, 2.05) is 0 Å². The summed E-state index contributed by atoms with van der Waals surface area (Å²) in [5, 5.41) is 13.9. The molecular formula is C12H21N3O4. The molecule has 3 amide bonds. The van der Waals surface area contributed by atoms with E-state index in [9.17, 15) is 14.4 Å². The number of piperidine rings is 1. The Hall–Kier alpha value is -1.79. The van der Waals surface area contributed by atoms with Gasteiger partial charge in [0, 0.05) is 26.6 Å². The Bertz CT molecular complexity index is 351. The molecule has 19 heavy (non-hydrogen) atoms. The van der Waals surface area contributed by atoms with Crippen molar-refractivity contribution in [2.45, 2.75) is 32.7 Å². The first kappa shape index (κ1) is 15.3. The van der Waals surface area contributed by atoms with E-state index in [0.717, 1.165) is 12.8 Å². The minimum Gasteiger partial charge on any atom is -0.480 e. The van der Waals surface area contributed by atoms with Gasteiger partial charge in [-0.15, -0.1) is 0 Å². The molecule has 0 spiro atoms. The van der Waals surface area contributed by atoms with Crippen LogP contribution in [0.5, 0.6) is 0 Å². The standard InChI is InChI=1S/C12H21N3O4/c1-8(11(17)18)14-12(19)15-5-3-10(4-6-15)7-13-9(2)16/h8,10H,3-7H2,1-2H3,(H,13,16)(H,14,19)(H,17,18)/t8-/m0/s1. The fraction of sp³-hybridized carbons (Fsp3) is 0.750. The largest absolute Gasteiger partial charge is 0.480 e. The van der Waals surface area contributed by atoms with Crippen LogP contribution in [0.3, 0.4) is 0 Å². The Kier molecular flexibility index (Phi) is 5.59. The number of nitrogens with one attached hydrogen (secondary N) is 2. The number of hydrogen-bond donors (Lipinski definition) is 3. The number of rotatable bonds is 4. The van der Waals surface area contributed by atoms with Crippen molar-refractivity contribution in [3.63, 3.8) is 0 Å². The summed E-state index contributed by atoms with van der Waals surface area (Å²) in [5.41, 5.74) is 0. The molecule has 0 aliphatic carbocycles. The second kappa shape index (κ2) is 6.96. The normalized spacial score (nSPS) is 17.7. The minimum absolute atomic E-state index is 0.0459. The summed E-state index contributed by atoms with van der Waals surface area (Å²) in [5.74, 6) is -0.714. The van der Waals surface area contributed by atoms with E-state index in [2.05, 4.69) is 10.6 Å². The van der Waals surface area contributed by atoms with E-state index in [1.54, 1.807) is 4.90 Å². The lowest BCUT2D eigenvalue weighted by molar-refractivity contribution is -0.138. The van der Waals surface area contributed by atoms with Crippen LogP contribution < -0.4 is 10.6 Å². The molecular weight excluding hydrogens is 250 g/mol. The third-order valence-corrected chi connectivity index (χ3v) is 3.25. The molecule has 1 aliphatic rings. The smallest absolute Gasteiger partial charge is 0.325 e. The molecule has 108 valence electrons. The first-order chi connectivity index (χ1) is 8.90. The molecule has 0 radical (unpaired) electrons. The summed E-state index contributed by atoms with van der Waals surface area (Å²) in [6.07, 6.45) is 1.63. The highest BCUT2D eigenvalue weighted by atomic mass is 16.4. The number of carbonyl (C=O) groups is 3. The van der Waals surface area contributed by atoms with E-state index in [-0.39, 0.29) is 11.9 Å². The molecule has 0 aromatic carbocycles. The third kappa shape index (κ3) is 5.15. The van der Waals surface area contributed by atoms with Crippen molar-refractivity contribution < 1.29 is 19.5 Å². The number of urea groups is 1. The highest BCUT2D eigenvalue weighted by Gasteiger charge is 2.24. The number of hydrogen-bond acceptors (Lipinski definition) is 3. The van der Waals surface area contributed by atoms with Gasteiger partial charge < -0.3 is 20.6 Å². The average molecular weight is 271 g/mol. The van der Waals surface area contributed by atoms with Crippen molar-refractivity contribution in [1.29, 1.82) is 0 Å². The Labute approximate surface area is 112 Å². The third-order valence-electron chi connectivity index (χ3n) is 3.25. The molecule has 0 saturated carbocycles. The predicted molar refractivity (Wildman–Crippen MR) is 68.6 cm³/mol. The molecule has 7 heteroatoms. The molecule has 1 heterocycles. The fourth-order valence-corrected chi connectivity index (χ4v) is 1.97. The van der Waals surface area contributed by atoms with Gasteiger partial charge in [0.1, 0.15) is 6.04 Å². The molecule has 0 aromatic heterocycles. The molecule has 1 saturated heterocycles. The van der Waals surface area contributed by atoms with Crippen molar-refractivity contribution in [3.8, 4) is 0 Å². The molecule has 0 bridgehead atoms. The molecule has 0 aromatic rings. The monoisotopic (exact) mass is 271 g/mol. The van der Waals surface area contributed by atoms with Gasteiger partial charge in [0.2, 0.25) is 5.91 Å². The van der Waals surface area contributed by atoms with Crippen molar-refractivity contribution in [2.24, 2.45) is 5.92 Å². The SMILES string of the molecule is CC(=O)NCC1CCN(C(=O)N[C@@H](C)C(=O)O)CC1. The summed E-state index contributed by atoms with van der Waals surface area (Å²) in [6, 6.07) is -1.22. The Balaban J connectivity index is 2.31. The lowest BCUT2D eigenvalue weighted by Gasteiger charge is -2.32. The van der Waals surface area contributed by atoms with Gasteiger partial charge in [-0.25, -0.2) is 4.79 Å². The van der Waals surface area contributed by atoms with Crippen molar-refractivity contribution >= 4 is 17.9 Å². The zero-order chi connectivity index (χ0) is 14.4. The molecule has 1 fully saturated rings. The maximum Gasteiger partial charge on any atom is 0.325 e. The van der Waals surface area contributed by atoms with Crippen molar-refractivity contribution in [3.05, 3.63) is 0 Å². The second-order valence-corrected chi connectivity index (χ2v) is 4.88. The van der Waals surface area contributed by atoms with Gasteiger partial charge >= 0.3 is 12.0 Å². The van der Waals surface area contributed by atoms with E-state index >= 15 is 0 Å². The molecule has 0 unspecified atom stereocenters. The highest BCUT2D eigenvalue weighted by molar-refractivity contribution is 5.82. The topological polar surface area (TPSA) is 98.7 Å². The van der Waals surface area contributed by atoms with E-state index in [4.69, 9.17) is 5.11 Å². The van der Waals surface area contributed by atoms with Gasteiger partial charge in [0.15, 0.2) is 0 Å². The maximum absolute atomic E-state index is 11.8. The van der Waals surface area contributed by atoms with Gasteiger partial charge in [-0.1, -0.05) is 0 Å². The lowest BCUT2D eigenvalue weighted by Crippen LogP contribution is -2.49. The van der Waals surface area contributed by atoms with Gasteiger partial charge in [0.25, 0.3) is 0 Å². The van der Waals surface area contributed by atoms with Gasteiger partial charge in [-0.3, -0.25) is 9.59 Å². The molecule has 1 atom stereocenters. The molecule has 3 N–H and O–H groups in total.